The lowest BCUT2D eigenvalue weighted by atomic mass is 9.76. The first-order valence-electron chi connectivity index (χ1n) is 9.56. The van der Waals surface area contributed by atoms with Crippen molar-refractivity contribution in [3.63, 3.8) is 0 Å². The van der Waals surface area contributed by atoms with Gasteiger partial charge in [-0.05, 0) is 35.3 Å². The van der Waals surface area contributed by atoms with Crippen molar-refractivity contribution in [1.82, 2.24) is 0 Å². The molecule has 0 unspecified atom stereocenters. The van der Waals surface area contributed by atoms with Crippen LogP contribution in [0, 0.1) is 0 Å². The second kappa shape index (κ2) is 8.76. The summed E-state index contributed by atoms with van der Waals surface area (Å²) < 4.78 is 0. The van der Waals surface area contributed by atoms with Crippen molar-refractivity contribution in [2.45, 2.75) is 104 Å². The maximum absolute atomic E-state index is 12.7. The lowest BCUT2D eigenvalue weighted by Crippen LogP contribution is -2.20. The van der Waals surface area contributed by atoms with E-state index in [1.807, 2.05) is 6.07 Å². The Morgan fingerprint density at radius 2 is 1.30 bits per heavy atom. The maximum atomic E-state index is 12.7. The molecule has 0 saturated heterocycles. The van der Waals surface area contributed by atoms with Crippen LogP contribution >= 0.6 is 0 Å². The van der Waals surface area contributed by atoms with Crippen molar-refractivity contribution in [3.8, 4) is 5.75 Å². The third-order valence-corrected chi connectivity index (χ3v) is 5.30. The number of unbranched alkanes of at least 4 members (excludes halogenated alkanes) is 4. The van der Waals surface area contributed by atoms with Gasteiger partial charge in [0, 0.05) is 5.56 Å². The van der Waals surface area contributed by atoms with E-state index in [9.17, 15) is 5.11 Å². The van der Waals surface area contributed by atoms with Gasteiger partial charge in [0.25, 0.3) is 0 Å². The molecule has 0 fully saturated rings. The van der Waals surface area contributed by atoms with Gasteiger partial charge in [0.2, 0.25) is 0 Å². The van der Waals surface area contributed by atoms with E-state index in [0.717, 1.165) is 18.4 Å². The second-order valence-electron chi connectivity index (χ2n) is 8.39. The zero-order valence-corrected chi connectivity index (χ0v) is 16.3. The molecule has 1 aromatic rings. The first-order valence-corrected chi connectivity index (χ1v) is 9.56. The van der Waals surface area contributed by atoms with Crippen LogP contribution in [0.1, 0.15) is 104 Å². The molecule has 0 N–H and O–H groups in total. The van der Waals surface area contributed by atoms with E-state index < -0.39 is 0 Å². The molecular formula is C22H37O. The zero-order valence-electron chi connectivity index (χ0n) is 16.3. The van der Waals surface area contributed by atoms with Crippen LogP contribution in [-0.2, 0) is 15.9 Å². The van der Waals surface area contributed by atoms with Gasteiger partial charge < -0.3 is 0 Å². The molecule has 0 heterocycles. The van der Waals surface area contributed by atoms with E-state index in [0.29, 0.717) is 0 Å². The first-order chi connectivity index (χ1) is 10.7. The normalized spacial score (nSPS) is 12.6. The predicted molar refractivity (Wildman–Crippen MR) is 101 cm³/mol. The Morgan fingerprint density at radius 1 is 0.783 bits per heavy atom. The first kappa shape index (κ1) is 20.1. The molecule has 0 amide bonds. The maximum Gasteiger partial charge on any atom is 0.182 e. The van der Waals surface area contributed by atoms with Crippen molar-refractivity contribution < 1.29 is 5.11 Å². The van der Waals surface area contributed by atoms with Crippen LogP contribution in [0.4, 0.5) is 0 Å². The summed E-state index contributed by atoms with van der Waals surface area (Å²) in [5.41, 5.74) is 2.27. The third kappa shape index (κ3) is 5.86. The van der Waals surface area contributed by atoms with Crippen molar-refractivity contribution in [2.75, 3.05) is 0 Å². The molecule has 131 valence electrons. The standard InChI is InChI=1S/C22H37O/c1-7-9-11-15-21(3,4)18-13-14-19(20(23)17-18)22(5,6)16-12-10-8-2/h13-14,17H,7-12,15-16H2,1-6H3. The topological polar surface area (TPSA) is 19.9 Å². The van der Waals surface area contributed by atoms with E-state index in [-0.39, 0.29) is 16.6 Å². The Morgan fingerprint density at radius 3 is 1.78 bits per heavy atom. The molecule has 0 atom stereocenters. The number of hydrogen-bond acceptors (Lipinski definition) is 0. The smallest absolute Gasteiger partial charge is 0.182 e. The molecule has 0 spiro atoms. The van der Waals surface area contributed by atoms with Crippen molar-refractivity contribution >= 4 is 0 Å². The minimum Gasteiger partial charge on any atom is -0.290 e. The molecule has 1 aromatic carbocycles. The van der Waals surface area contributed by atoms with Crippen molar-refractivity contribution in [3.05, 3.63) is 29.3 Å². The monoisotopic (exact) mass is 317 g/mol. The Hall–Kier alpha value is -0.980. The SMILES string of the molecule is CCCCCC(C)(C)c1ccc(C(C)(C)CCCCC)c([O])c1. The van der Waals surface area contributed by atoms with Gasteiger partial charge in [-0.2, -0.15) is 0 Å². The van der Waals surface area contributed by atoms with E-state index in [1.165, 1.54) is 44.1 Å². The van der Waals surface area contributed by atoms with Crippen LogP contribution in [0.25, 0.3) is 0 Å². The number of rotatable bonds is 10. The number of hydrogen-bond donors (Lipinski definition) is 0. The summed E-state index contributed by atoms with van der Waals surface area (Å²) in [5.74, 6) is 0.229. The van der Waals surface area contributed by atoms with E-state index in [2.05, 4.69) is 53.7 Å². The molecule has 0 aromatic heterocycles. The summed E-state index contributed by atoms with van der Waals surface area (Å²) in [5, 5.41) is 12.7. The van der Waals surface area contributed by atoms with E-state index in [4.69, 9.17) is 0 Å². The minimum atomic E-state index is -0.0167. The average Bonchev–Trinajstić information content (AvgIpc) is 2.47. The number of benzene rings is 1. The predicted octanol–water partition coefficient (Wildman–Crippen LogP) is 7.55. The Balaban J connectivity index is 2.88. The lowest BCUT2D eigenvalue weighted by molar-refractivity contribution is 0.329. The summed E-state index contributed by atoms with van der Waals surface area (Å²) in [6.45, 7) is 13.4. The quantitative estimate of drug-likeness (QED) is 0.397. The van der Waals surface area contributed by atoms with Crippen LogP contribution in [-0.4, -0.2) is 0 Å². The molecule has 1 heteroatoms. The van der Waals surface area contributed by atoms with Crippen molar-refractivity contribution in [2.24, 2.45) is 0 Å². The highest BCUT2D eigenvalue weighted by molar-refractivity contribution is 5.43. The van der Waals surface area contributed by atoms with Gasteiger partial charge >= 0.3 is 0 Å². The fourth-order valence-corrected chi connectivity index (χ4v) is 3.42. The highest BCUT2D eigenvalue weighted by Gasteiger charge is 2.27. The highest BCUT2D eigenvalue weighted by atomic mass is 16.3. The summed E-state index contributed by atoms with van der Waals surface area (Å²) >= 11 is 0. The third-order valence-electron chi connectivity index (χ3n) is 5.30. The van der Waals surface area contributed by atoms with Gasteiger partial charge in [-0.1, -0.05) is 92.2 Å². The molecular weight excluding hydrogens is 280 g/mol. The molecule has 0 bridgehead atoms. The summed E-state index contributed by atoms with van der Waals surface area (Å²) in [6, 6.07) is 6.21. The Labute approximate surface area is 144 Å². The largest absolute Gasteiger partial charge is 0.290 e. The van der Waals surface area contributed by atoms with Gasteiger partial charge in [0.15, 0.2) is 5.75 Å². The molecule has 0 aliphatic rings. The van der Waals surface area contributed by atoms with Crippen LogP contribution in [0.3, 0.4) is 0 Å². The highest BCUT2D eigenvalue weighted by Crippen LogP contribution is 2.39. The molecule has 1 nitrogen and oxygen atoms in total. The van der Waals surface area contributed by atoms with Crippen LogP contribution < -0.4 is 0 Å². The Bertz CT molecular complexity index is 471. The van der Waals surface area contributed by atoms with Crippen molar-refractivity contribution in [1.29, 1.82) is 0 Å². The van der Waals surface area contributed by atoms with Crippen LogP contribution in [0.2, 0.25) is 0 Å². The van der Waals surface area contributed by atoms with Gasteiger partial charge in [-0.25, -0.2) is 0 Å². The van der Waals surface area contributed by atoms with Gasteiger partial charge in [0.1, 0.15) is 0 Å². The second-order valence-corrected chi connectivity index (χ2v) is 8.39. The molecule has 23 heavy (non-hydrogen) atoms. The van der Waals surface area contributed by atoms with E-state index in [1.54, 1.807) is 0 Å². The minimum absolute atomic E-state index is 0.0167. The average molecular weight is 318 g/mol. The zero-order chi connectivity index (χ0) is 17.5. The molecule has 1 radical (unpaired) electrons. The molecule has 1 rings (SSSR count). The molecule has 0 aliphatic carbocycles. The van der Waals surface area contributed by atoms with Crippen LogP contribution in [0.15, 0.2) is 18.2 Å². The summed E-state index contributed by atoms with van der Waals surface area (Å²) in [6.07, 6.45) is 9.68. The Kier molecular flexibility index (Phi) is 7.64. The molecule has 0 saturated carbocycles. The van der Waals surface area contributed by atoms with E-state index >= 15 is 0 Å². The summed E-state index contributed by atoms with van der Waals surface area (Å²) in [7, 11) is 0. The van der Waals surface area contributed by atoms with Gasteiger partial charge in [-0.3, -0.25) is 5.11 Å². The fraction of sp³-hybridized carbons (Fsp3) is 0.727. The van der Waals surface area contributed by atoms with Crippen LogP contribution in [0.5, 0.6) is 5.75 Å². The summed E-state index contributed by atoms with van der Waals surface area (Å²) in [4.78, 5) is 0. The molecule has 0 aliphatic heterocycles. The fourth-order valence-electron chi connectivity index (χ4n) is 3.42. The van der Waals surface area contributed by atoms with Gasteiger partial charge in [0.05, 0.1) is 0 Å². The van der Waals surface area contributed by atoms with Gasteiger partial charge in [-0.15, -0.1) is 0 Å². The lowest BCUT2D eigenvalue weighted by Gasteiger charge is -2.29.